The van der Waals surface area contributed by atoms with E-state index in [0.717, 1.165) is 25.7 Å². The molecule has 4 heteroatoms. The first kappa shape index (κ1) is 11.4. The van der Waals surface area contributed by atoms with Crippen LogP contribution in [0.5, 0.6) is 0 Å². The Morgan fingerprint density at radius 3 is 2.33 bits per heavy atom. The lowest BCUT2D eigenvalue weighted by atomic mass is 10.2. The molecule has 0 aliphatic carbocycles. The van der Waals surface area contributed by atoms with Crippen molar-refractivity contribution in [3.05, 3.63) is 0 Å². The molecule has 0 aromatic rings. The molecular weight excluding hydrogens is 160 g/mol. The Hall–Kier alpha value is -0.610. The zero-order chi connectivity index (χ0) is 9.23. The van der Waals surface area contributed by atoms with Gasteiger partial charge in [-0.2, -0.15) is 0 Å². The second kappa shape index (κ2) is 8.49. The van der Waals surface area contributed by atoms with Crippen molar-refractivity contribution in [2.75, 3.05) is 19.8 Å². The van der Waals surface area contributed by atoms with E-state index in [1.165, 1.54) is 0 Å². The van der Waals surface area contributed by atoms with E-state index >= 15 is 0 Å². The third-order valence-electron chi connectivity index (χ3n) is 1.44. The molecule has 0 spiro atoms. The van der Waals surface area contributed by atoms with E-state index in [1.807, 2.05) is 0 Å². The van der Waals surface area contributed by atoms with E-state index in [1.54, 1.807) is 0 Å². The third kappa shape index (κ3) is 7.50. The zero-order valence-corrected chi connectivity index (χ0v) is 7.16. The molecule has 2 N–H and O–H groups in total. The van der Waals surface area contributed by atoms with Crippen LogP contribution in [0.2, 0.25) is 0 Å². The van der Waals surface area contributed by atoms with Crippen LogP contribution in [0, 0.1) is 0 Å². The average Bonchev–Trinajstić information content (AvgIpc) is 2.10. The monoisotopic (exact) mass is 176 g/mol. The zero-order valence-electron chi connectivity index (χ0n) is 7.16. The van der Waals surface area contributed by atoms with Crippen molar-refractivity contribution in [3.8, 4) is 0 Å². The SMILES string of the molecule is O=C(CO)OCCCCCCO. The van der Waals surface area contributed by atoms with E-state index in [0.29, 0.717) is 6.61 Å². The Kier molecular flexibility index (Phi) is 8.05. The lowest BCUT2D eigenvalue weighted by Gasteiger charge is -2.01. The molecule has 0 unspecified atom stereocenters. The Bertz CT molecular complexity index is 114. The summed E-state index contributed by atoms with van der Waals surface area (Å²) in [6.07, 6.45) is 3.49. The minimum absolute atomic E-state index is 0.219. The predicted octanol–water partition coefficient (Wildman–Crippen LogP) is 0.0746. The topological polar surface area (TPSA) is 66.8 Å². The molecule has 0 fully saturated rings. The van der Waals surface area contributed by atoms with Gasteiger partial charge in [-0.05, 0) is 19.3 Å². The second-order valence-corrected chi connectivity index (χ2v) is 2.52. The van der Waals surface area contributed by atoms with Crippen LogP contribution in [0.3, 0.4) is 0 Å². The summed E-state index contributed by atoms with van der Waals surface area (Å²) in [7, 11) is 0. The van der Waals surface area contributed by atoms with Gasteiger partial charge in [-0.15, -0.1) is 0 Å². The highest BCUT2D eigenvalue weighted by Crippen LogP contribution is 1.98. The van der Waals surface area contributed by atoms with E-state index in [-0.39, 0.29) is 6.61 Å². The Morgan fingerprint density at radius 2 is 1.75 bits per heavy atom. The van der Waals surface area contributed by atoms with Gasteiger partial charge in [-0.25, -0.2) is 4.79 Å². The molecule has 4 nitrogen and oxygen atoms in total. The minimum atomic E-state index is -0.572. The van der Waals surface area contributed by atoms with Crippen LogP contribution in [-0.4, -0.2) is 36.0 Å². The van der Waals surface area contributed by atoms with Crippen molar-refractivity contribution in [1.29, 1.82) is 0 Å². The number of aliphatic hydroxyl groups excluding tert-OH is 2. The first-order valence-electron chi connectivity index (χ1n) is 4.18. The molecule has 0 aromatic carbocycles. The molecule has 0 amide bonds. The molecule has 0 atom stereocenters. The van der Waals surface area contributed by atoms with Gasteiger partial charge in [0.15, 0.2) is 0 Å². The summed E-state index contributed by atoms with van der Waals surface area (Å²) in [5, 5.41) is 16.7. The number of esters is 1. The summed E-state index contributed by atoms with van der Waals surface area (Å²) in [6, 6.07) is 0. The summed E-state index contributed by atoms with van der Waals surface area (Å²) < 4.78 is 4.62. The molecule has 0 rings (SSSR count). The Morgan fingerprint density at radius 1 is 1.08 bits per heavy atom. The molecule has 0 aliphatic heterocycles. The van der Waals surface area contributed by atoms with Gasteiger partial charge < -0.3 is 14.9 Å². The number of unbranched alkanes of at least 4 members (excludes halogenated alkanes) is 3. The van der Waals surface area contributed by atoms with E-state index < -0.39 is 12.6 Å². The number of hydrogen-bond acceptors (Lipinski definition) is 4. The fourth-order valence-electron chi connectivity index (χ4n) is 0.799. The molecule has 0 saturated heterocycles. The molecule has 0 aliphatic rings. The number of ether oxygens (including phenoxy) is 1. The Labute approximate surface area is 72.2 Å². The lowest BCUT2D eigenvalue weighted by molar-refractivity contribution is -0.147. The largest absolute Gasteiger partial charge is 0.464 e. The summed E-state index contributed by atoms with van der Waals surface area (Å²) >= 11 is 0. The first-order valence-corrected chi connectivity index (χ1v) is 4.18. The fourth-order valence-corrected chi connectivity index (χ4v) is 0.799. The average molecular weight is 176 g/mol. The van der Waals surface area contributed by atoms with E-state index in [9.17, 15) is 4.79 Å². The first-order chi connectivity index (χ1) is 5.81. The Balaban J connectivity index is 2.95. The van der Waals surface area contributed by atoms with Gasteiger partial charge in [0, 0.05) is 6.61 Å². The molecule has 0 bridgehead atoms. The van der Waals surface area contributed by atoms with Crippen LogP contribution in [0.1, 0.15) is 25.7 Å². The number of carbonyl (C=O) groups is 1. The van der Waals surface area contributed by atoms with Crippen LogP contribution in [0.15, 0.2) is 0 Å². The van der Waals surface area contributed by atoms with Crippen molar-refractivity contribution >= 4 is 5.97 Å². The standard InChI is InChI=1S/C8H16O4/c9-5-3-1-2-4-6-12-8(11)7-10/h9-10H,1-7H2. The fraction of sp³-hybridized carbons (Fsp3) is 0.875. The van der Waals surface area contributed by atoms with Gasteiger partial charge in [0.05, 0.1) is 6.61 Å². The highest BCUT2D eigenvalue weighted by molar-refractivity contribution is 5.70. The third-order valence-corrected chi connectivity index (χ3v) is 1.44. The molecular formula is C8H16O4. The molecule has 12 heavy (non-hydrogen) atoms. The van der Waals surface area contributed by atoms with Gasteiger partial charge in [0.25, 0.3) is 0 Å². The quantitative estimate of drug-likeness (QED) is 0.425. The van der Waals surface area contributed by atoms with Crippen molar-refractivity contribution in [2.24, 2.45) is 0 Å². The number of carbonyl (C=O) groups excluding carboxylic acids is 1. The van der Waals surface area contributed by atoms with Crippen LogP contribution < -0.4 is 0 Å². The van der Waals surface area contributed by atoms with Crippen molar-refractivity contribution < 1.29 is 19.7 Å². The highest BCUT2D eigenvalue weighted by atomic mass is 16.5. The maximum Gasteiger partial charge on any atom is 0.331 e. The highest BCUT2D eigenvalue weighted by Gasteiger charge is 1.97. The maximum absolute atomic E-state index is 10.4. The summed E-state index contributed by atoms with van der Waals surface area (Å²) in [6.45, 7) is 0.0396. The lowest BCUT2D eigenvalue weighted by Crippen LogP contribution is -2.09. The van der Waals surface area contributed by atoms with Crippen LogP contribution in [0.25, 0.3) is 0 Å². The number of aliphatic hydroxyl groups is 2. The van der Waals surface area contributed by atoms with Crippen molar-refractivity contribution in [3.63, 3.8) is 0 Å². The van der Waals surface area contributed by atoms with E-state index in [2.05, 4.69) is 4.74 Å². The van der Waals surface area contributed by atoms with Gasteiger partial charge in [-0.1, -0.05) is 6.42 Å². The summed E-state index contributed by atoms with van der Waals surface area (Å²) in [4.78, 5) is 10.4. The van der Waals surface area contributed by atoms with Crippen molar-refractivity contribution in [2.45, 2.75) is 25.7 Å². The molecule has 72 valence electrons. The number of rotatable bonds is 7. The molecule has 0 aromatic heterocycles. The minimum Gasteiger partial charge on any atom is -0.464 e. The van der Waals surface area contributed by atoms with Gasteiger partial charge in [-0.3, -0.25) is 0 Å². The second-order valence-electron chi connectivity index (χ2n) is 2.52. The van der Waals surface area contributed by atoms with Gasteiger partial charge in [0.2, 0.25) is 0 Å². The van der Waals surface area contributed by atoms with E-state index in [4.69, 9.17) is 10.2 Å². The van der Waals surface area contributed by atoms with Crippen LogP contribution >= 0.6 is 0 Å². The normalized spacial score (nSPS) is 9.83. The van der Waals surface area contributed by atoms with Gasteiger partial charge >= 0.3 is 5.97 Å². The number of hydrogen-bond donors (Lipinski definition) is 2. The van der Waals surface area contributed by atoms with Gasteiger partial charge in [0.1, 0.15) is 6.61 Å². The maximum atomic E-state index is 10.4. The predicted molar refractivity (Wildman–Crippen MR) is 43.6 cm³/mol. The van der Waals surface area contributed by atoms with Crippen molar-refractivity contribution in [1.82, 2.24) is 0 Å². The van der Waals surface area contributed by atoms with Crippen LogP contribution in [-0.2, 0) is 9.53 Å². The summed E-state index contributed by atoms with van der Waals surface area (Å²) in [5.74, 6) is -0.572. The molecule has 0 saturated carbocycles. The van der Waals surface area contributed by atoms with Crippen LogP contribution in [0.4, 0.5) is 0 Å². The molecule has 0 radical (unpaired) electrons. The molecule has 0 heterocycles. The summed E-state index contributed by atoms with van der Waals surface area (Å²) in [5.41, 5.74) is 0. The smallest absolute Gasteiger partial charge is 0.331 e.